The molecule has 1 unspecified atom stereocenters. The van der Waals surface area contributed by atoms with Crippen LogP contribution >= 0.6 is 0 Å². The predicted octanol–water partition coefficient (Wildman–Crippen LogP) is 1.16. The number of rotatable bonds is 8. The lowest BCUT2D eigenvalue weighted by atomic mass is 10.1. The third kappa shape index (κ3) is 7.28. The second kappa shape index (κ2) is 9.40. The fraction of sp³-hybridized carbons (Fsp3) is 0.765. The predicted molar refractivity (Wildman–Crippen MR) is 91.3 cm³/mol. The number of nitrogens with zero attached hydrogens (tertiary/aromatic N) is 1. The number of carbonyl (C=O) groups is 4. The Labute approximate surface area is 153 Å². The highest BCUT2D eigenvalue weighted by Crippen LogP contribution is 2.19. The van der Waals surface area contributed by atoms with Gasteiger partial charge in [-0.25, -0.2) is 9.59 Å². The summed E-state index contributed by atoms with van der Waals surface area (Å²) >= 11 is 0. The Bertz CT molecular complexity index is 542. The number of ether oxygens (including phenoxy) is 2. The molecule has 0 bridgehead atoms. The van der Waals surface area contributed by atoms with Gasteiger partial charge in [-0.15, -0.1) is 0 Å². The van der Waals surface area contributed by atoms with E-state index in [1.807, 2.05) is 0 Å². The molecule has 0 spiro atoms. The van der Waals surface area contributed by atoms with E-state index < -0.39 is 35.6 Å². The fourth-order valence-electron chi connectivity index (χ4n) is 2.67. The summed E-state index contributed by atoms with van der Waals surface area (Å²) in [5.74, 6) is -2.08. The average Bonchev–Trinajstić information content (AvgIpc) is 2.88. The summed E-state index contributed by atoms with van der Waals surface area (Å²) in [5, 5.41) is 11.5. The van der Waals surface area contributed by atoms with Crippen molar-refractivity contribution in [2.45, 2.75) is 58.1 Å². The van der Waals surface area contributed by atoms with Crippen LogP contribution in [0.25, 0.3) is 0 Å². The van der Waals surface area contributed by atoms with E-state index in [4.69, 9.17) is 4.74 Å². The zero-order valence-corrected chi connectivity index (χ0v) is 15.7. The molecule has 2 amide bonds. The Morgan fingerprint density at radius 1 is 1.31 bits per heavy atom. The average molecular weight is 372 g/mol. The number of hydrogen-bond acceptors (Lipinski definition) is 6. The number of nitrogens with one attached hydrogen (secondary N) is 1. The molecule has 26 heavy (non-hydrogen) atoms. The van der Waals surface area contributed by atoms with Crippen LogP contribution in [0.3, 0.4) is 0 Å². The maximum absolute atomic E-state index is 11.9. The van der Waals surface area contributed by atoms with Crippen molar-refractivity contribution < 1.29 is 33.8 Å². The summed E-state index contributed by atoms with van der Waals surface area (Å²) in [4.78, 5) is 47.9. The standard InChI is InChI=1S/C17H28N2O7/c1-17(2,3)26-16(24)18-12(14(21)22)7-5-6-8-19-10-11(9-13(19)20)15(23)25-4/h11-12H,5-10H2,1-4H3,(H,18,24)(H,21,22)/t11?,12-/m0/s1. The molecule has 1 heterocycles. The molecule has 1 fully saturated rings. The second-order valence-electron chi connectivity index (χ2n) is 7.30. The molecule has 0 aromatic rings. The molecule has 0 aromatic heterocycles. The van der Waals surface area contributed by atoms with Crippen LogP contribution in [0.1, 0.15) is 46.5 Å². The quantitative estimate of drug-likeness (QED) is 0.484. The number of likely N-dealkylation sites (tertiary alicyclic amines) is 1. The number of hydrogen-bond donors (Lipinski definition) is 2. The molecule has 9 nitrogen and oxygen atoms in total. The first-order chi connectivity index (χ1) is 12.0. The third-order valence-electron chi connectivity index (χ3n) is 3.91. The van der Waals surface area contributed by atoms with E-state index in [1.54, 1.807) is 25.7 Å². The Morgan fingerprint density at radius 2 is 1.96 bits per heavy atom. The molecule has 2 atom stereocenters. The molecule has 1 saturated heterocycles. The van der Waals surface area contributed by atoms with Crippen LogP contribution in [0.5, 0.6) is 0 Å². The van der Waals surface area contributed by atoms with Crippen LogP contribution in [0, 0.1) is 5.92 Å². The van der Waals surface area contributed by atoms with Gasteiger partial charge >= 0.3 is 18.0 Å². The first kappa shape index (κ1) is 21.7. The van der Waals surface area contributed by atoms with Gasteiger partial charge in [-0.2, -0.15) is 0 Å². The lowest BCUT2D eigenvalue weighted by Gasteiger charge is -2.22. The lowest BCUT2D eigenvalue weighted by Crippen LogP contribution is -2.43. The summed E-state index contributed by atoms with van der Waals surface area (Å²) in [6.07, 6.45) is 0.654. The van der Waals surface area contributed by atoms with Gasteiger partial charge < -0.3 is 24.8 Å². The van der Waals surface area contributed by atoms with Crippen LogP contribution in [-0.4, -0.2) is 65.8 Å². The largest absolute Gasteiger partial charge is 0.480 e. The summed E-state index contributed by atoms with van der Waals surface area (Å²) < 4.78 is 9.71. The van der Waals surface area contributed by atoms with Crippen molar-refractivity contribution in [2.24, 2.45) is 5.92 Å². The highest BCUT2D eigenvalue weighted by molar-refractivity contribution is 5.86. The number of carbonyl (C=O) groups excluding carboxylic acids is 3. The minimum Gasteiger partial charge on any atom is -0.480 e. The minimum atomic E-state index is -1.14. The Morgan fingerprint density at radius 3 is 2.50 bits per heavy atom. The molecule has 1 aliphatic rings. The normalized spacial score (nSPS) is 18.4. The number of amides is 2. The number of carboxylic acid groups (broad SMARTS) is 1. The number of aliphatic carboxylic acids is 1. The van der Waals surface area contributed by atoms with E-state index in [0.717, 1.165) is 0 Å². The summed E-state index contributed by atoms with van der Waals surface area (Å²) in [6.45, 7) is 5.83. The zero-order valence-electron chi connectivity index (χ0n) is 15.7. The lowest BCUT2D eigenvalue weighted by molar-refractivity contribution is -0.145. The number of methoxy groups -OCH3 is 1. The van der Waals surface area contributed by atoms with E-state index in [9.17, 15) is 24.3 Å². The molecule has 9 heteroatoms. The Balaban J connectivity index is 2.37. The molecular formula is C17H28N2O7. The molecule has 2 N–H and O–H groups in total. The minimum absolute atomic E-state index is 0.109. The van der Waals surface area contributed by atoms with Crippen LogP contribution < -0.4 is 5.32 Å². The molecule has 0 radical (unpaired) electrons. The van der Waals surface area contributed by atoms with Crippen LogP contribution in [0.15, 0.2) is 0 Å². The number of esters is 1. The van der Waals surface area contributed by atoms with Crippen molar-refractivity contribution in [3.05, 3.63) is 0 Å². The van der Waals surface area contributed by atoms with Crippen LogP contribution in [0.2, 0.25) is 0 Å². The first-order valence-corrected chi connectivity index (χ1v) is 8.61. The summed E-state index contributed by atoms with van der Waals surface area (Å²) in [5.41, 5.74) is -0.709. The van der Waals surface area contributed by atoms with Gasteiger partial charge in [-0.1, -0.05) is 0 Å². The molecule has 0 aromatic carbocycles. The molecule has 0 aliphatic carbocycles. The summed E-state index contributed by atoms with van der Waals surface area (Å²) in [6, 6.07) is -1.05. The third-order valence-corrected chi connectivity index (χ3v) is 3.91. The molecule has 0 saturated carbocycles. The van der Waals surface area contributed by atoms with Gasteiger partial charge in [-0.05, 0) is 40.0 Å². The molecule has 1 aliphatic heterocycles. The maximum Gasteiger partial charge on any atom is 0.408 e. The van der Waals surface area contributed by atoms with Gasteiger partial charge in [0, 0.05) is 19.5 Å². The van der Waals surface area contributed by atoms with E-state index in [0.29, 0.717) is 25.9 Å². The van der Waals surface area contributed by atoms with Gasteiger partial charge in [0.1, 0.15) is 11.6 Å². The molecule has 148 valence electrons. The fourth-order valence-corrected chi connectivity index (χ4v) is 2.67. The smallest absolute Gasteiger partial charge is 0.408 e. The summed E-state index contributed by atoms with van der Waals surface area (Å²) in [7, 11) is 1.29. The molecular weight excluding hydrogens is 344 g/mol. The Kier molecular flexibility index (Phi) is 7.85. The van der Waals surface area contributed by atoms with Crippen molar-refractivity contribution in [3.8, 4) is 0 Å². The van der Waals surface area contributed by atoms with Gasteiger partial charge in [0.25, 0.3) is 0 Å². The maximum atomic E-state index is 11.9. The number of carboxylic acids is 1. The second-order valence-corrected chi connectivity index (χ2v) is 7.30. The van der Waals surface area contributed by atoms with Crippen molar-refractivity contribution >= 4 is 23.9 Å². The van der Waals surface area contributed by atoms with E-state index in [1.165, 1.54) is 7.11 Å². The van der Waals surface area contributed by atoms with Crippen molar-refractivity contribution in [1.29, 1.82) is 0 Å². The topological polar surface area (TPSA) is 122 Å². The van der Waals surface area contributed by atoms with E-state index in [-0.39, 0.29) is 18.7 Å². The van der Waals surface area contributed by atoms with Crippen molar-refractivity contribution in [1.82, 2.24) is 10.2 Å². The SMILES string of the molecule is COC(=O)C1CC(=O)N(CCCC[C@H](NC(=O)OC(C)(C)C)C(=O)O)C1. The Hall–Kier alpha value is -2.32. The van der Waals surface area contributed by atoms with Crippen LogP contribution in [0.4, 0.5) is 4.79 Å². The van der Waals surface area contributed by atoms with Gasteiger partial charge in [0.2, 0.25) is 5.91 Å². The van der Waals surface area contributed by atoms with Crippen LogP contribution in [-0.2, 0) is 23.9 Å². The van der Waals surface area contributed by atoms with Crippen molar-refractivity contribution in [3.63, 3.8) is 0 Å². The van der Waals surface area contributed by atoms with E-state index in [2.05, 4.69) is 10.1 Å². The zero-order chi connectivity index (χ0) is 19.9. The van der Waals surface area contributed by atoms with Gasteiger partial charge in [0.15, 0.2) is 0 Å². The number of alkyl carbamates (subject to hydrolysis) is 1. The highest BCUT2D eigenvalue weighted by atomic mass is 16.6. The molecule has 1 rings (SSSR count). The van der Waals surface area contributed by atoms with Crippen molar-refractivity contribution in [2.75, 3.05) is 20.2 Å². The van der Waals surface area contributed by atoms with Gasteiger partial charge in [-0.3, -0.25) is 9.59 Å². The highest BCUT2D eigenvalue weighted by Gasteiger charge is 2.34. The first-order valence-electron chi connectivity index (χ1n) is 8.61. The van der Waals surface area contributed by atoms with Gasteiger partial charge in [0.05, 0.1) is 13.0 Å². The number of unbranched alkanes of at least 4 members (excludes halogenated alkanes) is 1. The van der Waals surface area contributed by atoms with E-state index >= 15 is 0 Å². The monoisotopic (exact) mass is 372 g/mol.